The van der Waals surface area contributed by atoms with Crippen molar-refractivity contribution in [3.63, 3.8) is 0 Å². The lowest BCUT2D eigenvalue weighted by atomic mass is 10.1. The van der Waals surface area contributed by atoms with Crippen LogP contribution in [-0.2, 0) is 21.2 Å². The number of nitrogens with one attached hydrogen (secondary N) is 1. The predicted molar refractivity (Wildman–Crippen MR) is 123 cm³/mol. The van der Waals surface area contributed by atoms with E-state index in [-0.39, 0.29) is 5.91 Å². The topological polar surface area (TPSA) is 84.9 Å². The molecule has 1 N–H and O–H groups in total. The first-order chi connectivity index (χ1) is 14.7. The minimum Gasteiger partial charge on any atom is -0.493 e. The summed E-state index contributed by atoms with van der Waals surface area (Å²) in [6.45, 7) is 4.14. The third-order valence-corrected chi connectivity index (χ3v) is 6.16. The van der Waals surface area contributed by atoms with Crippen molar-refractivity contribution < 1.29 is 22.7 Å². The molecule has 0 radical (unpaired) electrons. The van der Waals surface area contributed by atoms with Gasteiger partial charge in [-0.05, 0) is 61.6 Å². The molecule has 8 heteroatoms. The summed E-state index contributed by atoms with van der Waals surface area (Å²) in [7, 11) is -0.449. The molecule has 0 spiro atoms. The van der Waals surface area contributed by atoms with Crippen LogP contribution in [0.25, 0.3) is 0 Å². The molecule has 0 aliphatic carbocycles. The second-order valence-electron chi connectivity index (χ2n) is 7.41. The molecular formula is C23H32N2O5S. The summed E-state index contributed by atoms with van der Waals surface area (Å²) in [4.78, 5) is 12.9. The summed E-state index contributed by atoms with van der Waals surface area (Å²) < 4.78 is 36.8. The summed E-state index contributed by atoms with van der Waals surface area (Å²) in [6.07, 6.45) is 2.94. The average molecular weight is 449 g/mol. The van der Waals surface area contributed by atoms with E-state index >= 15 is 0 Å². The fourth-order valence-corrected chi connectivity index (χ4v) is 4.69. The fraction of sp³-hybridized carbons (Fsp3) is 0.435. The Morgan fingerprint density at radius 2 is 1.81 bits per heavy atom. The standard InChI is InChI=1S/C23H32N2O5S/c1-6-20(25(31(5,27)28)19-11-7-9-17(2)15-19)23(26)24-14-8-10-18-12-13-21(29-3)22(16-18)30-4/h7,9,11-13,15-16,20H,6,8,10,14H2,1-5H3,(H,24,26)/t20-/m0/s1. The van der Waals surface area contributed by atoms with Crippen molar-refractivity contribution in [1.82, 2.24) is 5.32 Å². The Hall–Kier alpha value is -2.74. The quantitative estimate of drug-likeness (QED) is 0.533. The van der Waals surface area contributed by atoms with Gasteiger partial charge in [0.1, 0.15) is 6.04 Å². The minimum atomic E-state index is -3.63. The molecule has 0 saturated heterocycles. The van der Waals surface area contributed by atoms with E-state index in [1.165, 1.54) is 4.31 Å². The van der Waals surface area contributed by atoms with Crippen molar-refractivity contribution in [2.45, 2.75) is 39.2 Å². The maximum Gasteiger partial charge on any atom is 0.243 e. The highest BCUT2D eigenvalue weighted by Gasteiger charge is 2.31. The van der Waals surface area contributed by atoms with Crippen LogP contribution in [0.15, 0.2) is 42.5 Å². The van der Waals surface area contributed by atoms with E-state index in [1.807, 2.05) is 38.1 Å². The monoisotopic (exact) mass is 448 g/mol. The summed E-state index contributed by atoms with van der Waals surface area (Å²) in [5.41, 5.74) is 2.49. The van der Waals surface area contributed by atoms with Gasteiger partial charge in [0.15, 0.2) is 11.5 Å². The van der Waals surface area contributed by atoms with E-state index in [0.717, 1.165) is 23.8 Å². The number of hydrogen-bond acceptors (Lipinski definition) is 5. The maximum absolute atomic E-state index is 12.9. The maximum atomic E-state index is 12.9. The molecule has 0 heterocycles. The highest BCUT2D eigenvalue weighted by Crippen LogP contribution is 2.28. The second kappa shape index (κ2) is 11.0. The largest absolute Gasteiger partial charge is 0.493 e. The van der Waals surface area contributed by atoms with E-state index in [0.29, 0.717) is 36.6 Å². The number of aryl methyl sites for hydroxylation is 2. The Labute approximate surface area is 185 Å². The number of carbonyl (C=O) groups is 1. The molecule has 0 unspecified atom stereocenters. The molecule has 2 aromatic carbocycles. The molecule has 2 aromatic rings. The first kappa shape index (κ1) is 24.5. The third kappa shape index (κ3) is 6.62. The van der Waals surface area contributed by atoms with Crippen LogP contribution in [0.3, 0.4) is 0 Å². The smallest absolute Gasteiger partial charge is 0.243 e. The van der Waals surface area contributed by atoms with Gasteiger partial charge in [-0.1, -0.05) is 25.1 Å². The number of carbonyl (C=O) groups excluding carboxylic acids is 1. The lowest BCUT2D eigenvalue weighted by Crippen LogP contribution is -2.49. The molecular weight excluding hydrogens is 416 g/mol. The van der Waals surface area contributed by atoms with Crippen molar-refractivity contribution >= 4 is 21.6 Å². The Bertz CT molecular complexity index is 991. The van der Waals surface area contributed by atoms with Gasteiger partial charge in [0.05, 0.1) is 26.2 Å². The molecule has 0 bridgehead atoms. The number of sulfonamides is 1. The Morgan fingerprint density at radius 1 is 1.10 bits per heavy atom. The van der Waals surface area contributed by atoms with E-state index in [1.54, 1.807) is 32.4 Å². The number of anilines is 1. The number of ether oxygens (including phenoxy) is 2. The molecule has 2 rings (SSSR count). The molecule has 1 atom stereocenters. The lowest BCUT2D eigenvalue weighted by molar-refractivity contribution is -0.122. The number of methoxy groups -OCH3 is 2. The molecule has 170 valence electrons. The van der Waals surface area contributed by atoms with Crippen LogP contribution >= 0.6 is 0 Å². The first-order valence-corrected chi connectivity index (χ1v) is 12.1. The zero-order valence-electron chi connectivity index (χ0n) is 18.8. The Morgan fingerprint density at radius 3 is 2.39 bits per heavy atom. The molecule has 0 aliphatic heterocycles. The molecule has 1 amide bonds. The van der Waals surface area contributed by atoms with Crippen LogP contribution in [-0.4, -0.2) is 47.4 Å². The van der Waals surface area contributed by atoms with E-state index in [9.17, 15) is 13.2 Å². The van der Waals surface area contributed by atoms with Crippen molar-refractivity contribution in [1.29, 1.82) is 0 Å². The zero-order chi connectivity index (χ0) is 23.0. The minimum absolute atomic E-state index is 0.304. The average Bonchev–Trinajstić information content (AvgIpc) is 2.73. The summed E-state index contributed by atoms with van der Waals surface area (Å²) in [6, 6.07) is 12.1. The van der Waals surface area contributed by atoms with Gasteiger partial charge in [-0.25, -0.2) is 8.42 Å². The number of hydrogen-bond donors (Lipinski definition) is 1. The van der Waals surface area contributed by atoms with Gasteiger partial charge < -0.3 is 14.8 Å². The zero-order valence-corrected chi connectivity index (χ0v) is 19.7. The van der Waals surface area contributed by atoms with E-state index in [4.69, 9.17) is 9.47 Å². The summed E-state index contributed by atoms with van der Waals surface area (Å²) >= 11 is 0. The molecule has 0 saturated carbocycles. The van der Waals surface area contributed by atoms with Crippen LogP contribution in [0, 0.1) is 6.92 Å². The fourth-order valence-electron chi connectivity index (χ4n) is 3.48. The van der Waals surface area contributed by atoms with Gasteiger partial charge in [-0.15, -0.1) is 0 Å². The van der Waals surface area contributed by atoms with Crippen LogP contribution in [0.1, 0.15) is 30.9 Å². The highest BCUT2D eigenvalue weighted by atomic mass is 32.2. The Kier molecular flexibility index (Phi) is 8.74. The third-order valence-electron chi connectivity index (χ3n) is 4.98. The predicted octanol–water partition coefficient (Wildman–Crippen LogP) is 3.31. The van der Waals surface area contributed by atoms with Crippen molar-refractivity contribution in [2.24, 2.45) is 0 Å². The van der Waals surface area contributed by atoms with Crippen LogP contribution in [0.4, 0.5) is 5.69 Å². The van der Waals surface area contributed by atoms with Crippen molar-refractivity contribution in [3.05, 3.63) is 53.6 Å². The molecule has 7 nitrogen and oxygen atoms in total. The number of nitrogens with zero attached hydrogens (tertiary/aromatic N) is 1. The van der Waals surface area contributed by atoms with Gasteiger partial charge >= 0.3 is 0 Å². The highest BCUT2D eigenvalue weighted by molar-refractivity contribution is 7.92. The van der Waals surface area contributed by atoms with Crippen molar-refractivity contribution in [3.8, 4) is 11.5 Å². The van der Waals surface area contributed by atoms with E-state index < -0.39 is 16.1 Å². The van der Waals surface area contributed by atoms with Crippen LogP contribution in [0.5, 0.6) is 11.5 Å². The van der Waals surface area contributed by atoms with E-state index in [2.05, 4.69) is 5.32 Å². The van der Waals surface area contributed by atoms with Gasteiger partial charge in [0, 0.05) is 6.54 Å². The van der Waals surface area contributed by atoms with Gasteiger partial charge in [0.25, 0.3) is 0 Å². The van der Waals surface area contributed by atoms with Gasteiger partial charge in [0.2, 0.25) is 15.9 Å². The molecule has 0 aromatic heterocycles. The molecule has 0 aliphatic rings. The normalized spacial score (nSPS) is 12.2. The number of benzene rings is 2. The van der Waals surface area contributed by atoms with Crippen molar-refractivity contribution in [2.75, 3.05) is 31.3 Å². The van der Waals surface area contributed by atoms with Crippen LogP contribution < -0.4 is 19.1 Å². The van der Waals surface area contributed by atoms with Crippen LogP contribution in [0.2, 0.25) is 0 Å². The summed E-state index contributed by atoms with van der Waals surface area (Å²) in [5, 5.41) is 2.89. The molecule has 0 fully saturated rings. The number of amides is 1. The SMILES string of the molecule is CC[C@@H](C(=O)NCCCc1ccc(OC)c(OC)c1)N(c1cccc(C)c1)S(C)(=O)=O. The number of rotatable bonds is 11. The Balaban J connectivity index is 2.03. The summed E-state index contributed by atoms with van der Waals surface area (Å²) in [5.74, 6) is 1.03. The molecule has 31 heavy (non-hydrogen) atoms. The van der Waals surface area contributed by atoms with Gasteiger partial charge in [-0.2, -0.15) is 0 Å². The second-order valence-corrected chi connectivity index (χ2v) is 9.27. The van der Waals surface area contributed by atoms with Gasteiger partial charge in [-0.3, -0.25) is 9.10 Å². The lowest BCUT2D eigenvalue weighted by Gasteiger charge is -2.30. The first-order valence-electron chi connectivity index (χ1n) is 10.3.